The lowest BCUT2D eigenvalue weighted by Crippen LogP contribution is -2.26. The Labute approximate surface area is 157 Å². The molecule has 1 aliphatic rings. The van der Waals surface area contributed by atoms with E-state index in [1.807, 2.05) is 0 Å². The molecule has 27 heavy (non-hydrogen) atoms. The predicted molar refractivity (Wildman–Crippen MR) is 102 cm³/mol. The number of benzene rings is 1. The zero-order valence-corrected chi connectivity index (χ0v) is 15.0. The van der Waals surface area contributed by atoms with Crippen LogP contribution in [0.3, 0.4) is 0 Å². The van der Waals surface area contributed by atoms with Crippen molar-refractivity contribution in [3.63, 3.8) is 0 Å². The Morgan fingerprint density at radius 1 is 1.00 bits per heavy atom. The SMILES string of the molecule is O=C(NCCC1=CCCCC1)c1cccc(C(=O)Nc2ccccc2F)n1. The van der Waals surface area contributed by atoms with Gasteiger partial charge in [0.05, 0.1) is 5.69 Å². The van der Waals surface area contributed by atoms with Crippen LogP contribution in [-0.4, -0.2) is 23.3 Å². The van der Waals surface area contributed by atoms with Gasteiger partial charge in [0.2, 0.25) is 0 Å². The van der Waals surface area contributed by atoms with Crippen LogP contribution in [0.4, 0.5) is 10.1 Å². The minimum absolute atomic E-state index is 0.0564. The Kier molecular flexibility index (Phi) is 6.30. The van der Waals surface area contributed by atoms with Gasteiger partial charge in [-0.25, -0.2) is 9.37 Å². The van der Waals surface area contributed by atoms with Crippen LogP contribution >= 0.6 is 0 Å². The van der Waals surface area contributed by atoms with Gasteiger partial charge in [-0.3, -0.25) is 9.59 Å². The van der Waals surface area contributed by atoms with E-state index in [1.165, 1.54) is 42.7 Å². The average molecular weight is 367 g/mol. The summed E-state index contributed by atoms with van der Waals surface area (Å²) in [5, 5.41) is 5.30. The third-order valence-electron chi connectivity index (χ3n) is 4.45. The third-order valence-corrected chi connectivity index (χ3v) is 4.45. The van der Waals surface area contributed by atoms with Gasteiger partial charge >= 0.3 is 0 Å². The molecule has 1 aromatic carbocycles. The van der Waals surface area contributed by atoms with Gasteiger partial charge in [-0.05, 0) is 56.4 Å². The first-order valence-electron chi connectivity index (χ1n) is 9.12. The molecule has 2 N–H and O–H groups in total. The van der Waals surface area contributed by atoms with Crippen LogP contribution in [0.2, 0.25) is 0 Å². The first-order chi connectivity index (χ1) is 13.1. The van der Waals surface area contributed by atoms with Gasteiger partial charge in [-0.15, -0.1) is 0 Å². The molecule has 140 valence electrons. The number of para-hydroxylation sites is 1. The van der Waals surface area contributed by atoms with Crippen molar-refractivity contribution >= 4 is 17.5 Å². The predicted octanol–water partition coefficient (Wildman–Crippen LogP) is 4.09. The van der Waals surface area contributed by atoms with Crippen LogP contribution in [0.1, 0.15) is 53.1 Å². The lowest BCUT2D eigenvalue weighted by Gasteiger charge is -2.13. The summed E-state index contributed by atoms with van der Waals surface area (Å²) in [7, 11) is 0. The molecule has 2 amide bonds. The third kappa shape index (κ3) is 5.23. The lowest BCUT2D eigenvalue weighted by molar-refractivity contribution is 0.0949. The molecule has 0 bridgehead atoms. The maximum absolute atomic E-state index is 13.7. The van der Waals surface area contributed by atoms with Crippen LogP contribution in [0.25, 0.3) is 0 Å². The van der Waals surface area contributed by atoms with Crippen LogP contribution in [0, 0.1) is 5.82 Å². The number of nitrogens with one attached hydrogen (secondary N) is 2. The maximum atomic E-state index is 13.7. The summed E-state index contributed by atoms with van der Waals surface area (Å²) in [6.07, 6.45) is 7.74. The number of rotatable bonds is 6. The molecule has 0 unspecified atom stereocenters. The first kappa shape index (κ1) is 18.8. The number of hydrogen-bond acceptors (Lipinski definition) is 3. The second-order valence-corrected chi connectivity index (χ2v) is 6.46. The fourth-order valence-corrected chi connectivity index (χ4v) is 3.00. The van der Waals surface area contributed by atoms with Crippen molar-refractivity contribution in [3.8, 4) is 0 Å². The number of nitrogens with zero attached hydrogens (tertiary/aromatic N) is 1. The van der Waals surface area contributed by atoms with E-state index in [0.29, 0.717) is 6.54 Å². The van der Waals surface area contributed by atoms with Crippen molar-refractivity contribution in [1.82, 2.24) is 10.3 Å². The van der Waals surface area contributed by atoms with E-state index in [9.17, 15) is 14.0 Å². The fraction of sp³-hybridized carbons (Fsp3) is 0.286. The fourth-order valence-electron chi connectivity index (χ4n) is 3.00. The van der Waals surface area contributed by atoms with Crippen LogP contribution in [-0.2, 0) is 0 Å². The van der Waals surface area contributed by atoms with Crippen molar-refractivity contribution in [2.75, 3.05) is 11.9 Å². The second-order valence-electron chi connectivity index (χ2n) is 6.46. The molecule has 3 rings (SSSR count). The van der Waals surface area contributed by atoms with Crippen LogP contribution in [0.5, 0.6) is 0 Å². The lowest BCUT2D eigenvalue weighted by atomic mass is 9.97. The molecular weight excluding hydrogens is 345 g/mol. The van der Waals surface area contributed by atoms with E-state index in [1.54, 1.807) is 18.2 Å². The van der Waals surface area contributed by atoms with E-state index >= 15 is 0 Å². The number of halogens is 1. The number of anilines is 1. The number of allylic oxidation sites excluding steroid dienone is 1. The molecule has 0 radical (unpaired) electrons. The van der Waals surface area contributed by atoms with Gasteiger partial charge in [0, 0.05) is 6.54 Å². The Morgan fingerprint density at radius 2 is 1.78 bits per heavy atom. The topological polar surface area (TPSA) is 71.1 Å². The molecule has 5 nitrogen and oxygen atoms in total. The van der Waals surface area contributed by atoms with Crippen LogP contribution in [0.15, 0.2) is 54.1 Å². The molecule has 0 saturated carbocycles. The molecular formula is C21H22FN3O2. The van der Waals surface area contributed by atoms with E-state index in [0.717, 1.165) is 19.3 Å². The highest BCUT2D eigenvalue weighted by atomic mass is 19.1. The summed E-state index contributed by atoms with van der Waals surface area (Å²) in [4.78, 5) is 28.7. The van der Waals surface area contributed by atoms with Crippen molar-refractivity contribution in [1.29, 1.82) is 0 Å². The summed E-state index contributed by atoms with van der Waals surface area (Å²) in [6.45, 7) is 0.540. The number of hydrogen-bond donors (Lipinski definition) is 2. The van der Waals surface area contributed by atoms with Crippen molar-refractivity contribution < 1.29 is 14.0 Å². The summed E-state index contributed by atoms with van der Waals surface area (Å²) in [5.74, 6) is -1.43. The molecule has 0 saturated heterocycles. The highest BCUT2D eigenvalue weighted by Gasteiger charge is 2.14. The van der Waals surface area contributed by atoms with Crippen molar-refractivity contribution in [2.45, 2.75) is 32.1 Å². The molecule has 1 aromatic heterocycles. The number of pyridine rings is 1. The van der Waals surface area contributed by atoms with Gasteiger partial charge in [-0.1, -0.05) is 29.8 Å². The van der Waals surface area contributed by atoms with E-state index in [4.69, 9.17) is 0 Å². The van der Waals surface area contributed by atoms with Gasteiger partial charge in [0.1, 0.15) is 17.2 Å². The number of carbonyl (C=O) groups is 2. The monoisotopic (exact) mass is 367 g/mol. The van der Waals surface area contributed by atoms with Gasteiger partial charge in [-0.2, -0.15) is 0 Å². The minimum Gasteiger partial charge on any atom is -0.350 e. The Hall–Kier alpha value is -3.02. The molecule has 1 heterocycles. The maximum Gasteiger partial charge on any atom is 0.274 e. The van der Waals surface area contributed by atoms with Gasteiger partial charge < -0.3 is 10.6 Å². The normalized spacial score (nSPS) is 13.6. The molecule has 2 aromatic rings. The number of aromatic nitrogens is 1. The Bertz CT molecular complexity index is 864. The zero-order valence-electron chi connectivity index (χ0n) is 15.0. The molecule has 0 atom stereocenters. The molecule has 6 heteroatoms. The number of carbonyl (C=O) groups excluding carboxylic acids is 2. The van der Waals surface area contributed by atoms with Crippen LogP contribution < -0.4 is 10.6 Å². The molecule has 1 aliphatic carbocycles. The first-order valence-corrected chi connectivity index (χ1v) is 9.12. The summed E-state index contributed by atoms with van der Waals surface area (Å²) >= 11 is 0. The summed E-state index contributed by atoms with van der Waals surface area (Å²) in [6, 6.07) is 10.5. The van der Waals surface area contributed by atoms with Crippen molar-refractivity contribution in [2.24, 2.45) is 0 Å². The Balaban J connectivity index is 1.59. The zero-order chi connectivity index (χ0) is 19.1. The largest absolute Gasteiger partial charge is 0.350 e. The molecule has 0 aliphatic heterocycles. The highest BCUT2D eigenvalue weighted by molar-refractivity contribution is 6.03. The van der Waals surface area contributed by atoms with Crippen molar-refractivity contribution in [3.05, 3.63) is 71.3 Å². The highest BCUT2D eigenvalue weighted by Crippen LogP contribution is 2.19. The standard InChI is InChI=1S/C21H22FN3O2/c22-16-9-4-5-10-17(16)25-21(27)19-12-6-11-18(24-19)20(26)23-14-13-15-7-2-1-3-8-15/h4-7,9-12H,1-3,8,13-14H2,(H,23,26)(H,25,27). The summed E-state index contributed by atoms with van der Waals surface area (Å²) < 4.78 is 13.7. The van der Waals surface area contributed by atoms with E-state index in [-0.39, 0.29) is 23.0 Å². The Morgan fingerprint density at radius 3 is 2.52 bits per heavy atom. The smallest absolute Gasteiger partial charge is 0.274 e. The van der Waals surface area contributed by atoms with Gasteiger partial charge in [0.25, 0.3) is 11.8 Å². The minimum atomic E-state index is -0.567. The van der Waals surface area contributed by atoms with E-state index < -0.39 is 11.7 Å². The molecule has 0 fully saturated rings. The van der Waals surface area contributed by atoms with E-state index in [2.05, 4.69) is 21.7 Å². The average Bonchev–Trinajstić information content (AvgIpc) is 2.70. The van der Waals surface area contributed by atoms with Gasteiger partial charge in [0.15, 0.2) is 0 Å². The summed E-state index contributed by atoms with van der Waals surface area (Å²) in [5.41, 5.74) is 1.67. The number of amides is 2. The quantitative estimate of drug-likeness (QED) is 0.756. The molecule has 0 spiro atoms. The second kappa shape index (κ2) is 9.07.